The molecule has 0 saturated heterocycles. The van der Waals surface area contributed by atoms with Gasteiger partial charge >= 0.3 is 0 Å². The number of carbonyl (C=O) groups is 1. The van der Waals surface area contributed by atoms with Crippen LogP contribution >= 0.6 is 0 Å². The molecule has 0 aliphatic rings. The van der Waals surface area contributed by atoms with E-state index in [0.717, 1.165) is 16.6 Å². The molecule has 0 fully saturated rings. The molecule has 0 bridgehead atoms. The van der Waals surface area contributed by atoms with E-state index in [4.69, 9.17) is 4.74 Å². The quantitative estimate of drug-likeness (QED) is 0.492. The van der Waals surface area contributed by atoms with Crippen LogP contribution in [0.25, 0.3) is 16.7 Å². The van der Waals surface area contributed by atoms with Gasteiger partial charge in [-0.1, -0.05) is 24.3 Å². The number of nitrogens with zero attached hydrogens (tertiary/aromatic N) is 3. The van der Waals surface area contributed by atoms with Crippen LogP contribution in [0.4, 0.5) is 10.1 Å². The van der Waals surface area contributed by atoms with Crippen LogP contribution in [0, 0.1) is 5.82 Å². The number of aliphatic hydroxyl groups excluding tert-OH is 1. The second kappa shape index (κ2) is 8.71. The van der Waals surface area contributed by atoms with E-state index in [1.54, 1.807) is 12.1 Å². The van der Waals surface area contributed by atoms with E-state index < -0.39 is 11.7 Å². The van der Waals surface area contributed by atoms with Gasteiger partial charge in [-0.25, -0.2) is 4.39 Å². The summed E-state index contributed by atoms with van der Waals surface area (Å²) in [4.78, 5) is 13.7. The molecule has 2 N–H and O–H groups in total. The lowest BCUT2D eigenvalue weighted by molar-refractivity contribution is -0.118. The van der Waals surface area contributed by atoms with Crippen LogP contribution in [0.1, 0.15) is 5.56 Å². The zero-order valence-corrected chi connectivity index (χ0v) is 16.0. The monoisotopic (exact) mass is 406 g/mol. The molecule has 0 radical (unpaired) electrons. The Morgan fingerprint density at radius 1 is 1.03 bits per heavy atom. The van der Waals surface area contributed by atoms with Crippen molar-refractivity contribution >= 4 is 22.6 Å². The van der Waals surface area contributed by atoms with Gasteiger partial charge in [-0.15, -0.1) is 15.0 Å². The summed E-state index contributed by atoms with van der Waals surface area (Å²) in [6.07, 6.45) is 0.466. The molecule has 1 aromatic heterocycles. The molecule has 30 heavy (non-hydrogen) atoms. The largest absolute Gasteiger partial charge is 0.481 e. The smallest absolute Gasteiger partial charge is 0.262 e. The van der Waals surface area contributed by atoms with E-state index >= 15 is 0 Å². The first-order chi connectivity index (χ1) is 14.6. The Morgan fingerprint density at radius 2 is 1.80 bits per heavy atom. The number of carbonyl (C=O) groups excluding carboxylic acids is 1. The lowest BCUT2D eigenvalue weighted by Gasteiger charge is -2.12. The van der Waals surface area contributed by atoms with Gasteiger partial charge in [-0.3, -0.25) is 4.79 Å². The number of aromatic nitrogens is 3. The fraction of sp³-hybridized carbons (Fsp3) is 0.136. The number of anilines is 1. The molecule has 0 unspecified atom stereocenters. The standard InChI is InChI=1S/C22H19FN4O3/c23-16-4-3-5-17(13-16)24-22(29)14-30-21-9-8-15(10-11-28)12-20(21)27-25-18-6-1-2-7-19(18)26-27/h1-9,12-13,28H,10-11,14H2,(H,24,29). The lowest BCUT2D eigenvalue weighted by Crippen LogP contribution is -2.21. The Balaban J connectivity index is 1.57. The van der Waals surface area contributed by atoms with Crippen LogP contribution in [-0.4, -0.2) is 39.2 Å². The number of rotatable bonds is 7. The van der Waals surface area contributed by atoms with E-state index in [9.17, 15) is 14.3 Å². The predicted molar refractivity (Wildman–Crippen MR) is 110 cm³/mol. The first kappa shape index (κ1) is 19.5. The van der Waals surface area contributed by atoms with Crippen molar-refractivity contribution < 1.29 is 19.0 Å². The number of aliphatic hydroxyl groups is 1. The van der Waals surface area contributed by atoms with Crippen molar-refractivity contribution in [2.75, 3.05) is 18.5 Å². The highest BCUT2D eigenvalue weighted by Gasteiger charge is 2.13. The van der Waals surface area contributed by atoms with Crippen LogP contribution in [0.3, 0.4) is 0 Å². The first-order valence-corrected chi connectivity index (χ1v) is 9.37. The second-order valence-electron chi connectivity index (χ2n) is 6.60. The normalized spacial score (nSPS) is 10.9. The number of halogens is 1. The van der Waals surface area contributed by atoms with Gasteiger partial charge in [-0.2, -0.15) is 0 Å². The van der Waals surface area contributed by atoms with Gasteiger partial charge < -0.3 is 15.2 Å². The zero-order chi connectivity index (χ0) is 20.9. The van der Waals surface area contributed by atoms with Gasteiger partial charge in [0.25, 0.3) is 5.91 Å². The van der Waals surface area contributed by atoms with Crippen molar-refractivity contribution in [2.24, 2.45) is 0 Å². The van der Waals surface area contributed by atoms with Crippen molar-refractivity contribution in [3.63, 3.8) is 0 Å². The Bertz CT molecular complexity index is 1160. The van der Waals surface area contributed by atoms with E-state index in [-0.39, 0.29) is 13.2 Å². The van der Waals surface area contributed by atoms with Crippen molar-refractivity contribution in [1.82, 2.24) is 15.0 Å². The molecule has 0 spiro atoms. The molecular weight excluding hydrogens is 387 g/mol. The van der Waals surface area contributed by atoms with Crippen molar-refractivity contribution in [3.8, 4) is 11.4 Å². The van der Waals surface area contributed by atoms with Gasteiger partial charge in [0.1, 0.15) is 28.3 Å². The average molecular weight is 406 g/mol. The third kappa shape index (κ3) is 4.44. The summed E-state index contributed by atoms with van der Waals surface area (Å²) in [5.41, 5.74) is 3.22. The maximum Gasteiger partial charge on any atom is 0.262 e. The van der Waals surface area contributed by atoms with Crippen LogP contribution in [-0.2, 0) is 11.2 Å². The molecule has 152 valence electrons. The Kier molecular flexibility index (Phi) is 5.67. The molecule has 4 aromatic rings. The van der Waals surface area contributed by atoms with Crippen molar-refractivity contribution in [2.45, 2.75) is 6.42 Å². The number of hydrogen-bond acceptors (Lipinski definition) is 5. The molecule has 0 saturated carbocycles. The summed E-state index contributed by atoms with van der Waals surface area (Å²) in [6, 6.07) is 18.4. The Labute approximate surface area is 171 Å². The molecule has 1 amide bonds. The highest BCUT2D eigenvalue weighted by Crippen LogP contribution is 2.25. The molecule has 0 aliphatic heterocycles. The second-order valence-corrected chi connectivity index (χ2v) is 6.60. The fourth-order valence-electron chi connectivity index (χ4n) is 3.00. The van der Waals surface area contributed by atoms with Crippen molar-refractivity contribution in [3.05, 3.63) is 78.1 Å². The summed E-state index contributed by atoms with van der Waals surface area (Å²) in [5, 5.41) is 20.8. The average Bonchev–Trinajstić information content (AvgIpc) is 3.17. The number of benzene rings is 3. The van der Waals surface area contributed by atoms with Gasteiger partial charge in [0.15, 0.2) is 6.61 Å². The minimum Gasteiger partial charge on any atom is -0.481 e. The highest BCUT2D eigenvalue weighted by molar-refractivity contribution is 5.91. The minimum atomic E-state index is -0.438. The van der Waals surface area contributed by atoms with Crippen LogP contribution < -0.4 is 10.1 Å². The molecule has 1 heterocycles. The summed E-state index contributed by atoms with van der Waals surface area (Å²) in [7, 11) is 0. The molecule has 0 atom stereocenters. The Morgan fingerprint density at radius 3 is 2.50 bits per heavy atom. The van der Waals surface area contributed by atoms with Gasteiger partial charge in [0.2, 0.25) is 0 Å². The number of fused-ring (bicyclic) bond motifs is 1. The third-order valence-electron chi connectivity index (χ3n) is 4.39. The summed E-state index contributed by atoms with van der Waals surface area (Å²) in [5.74, 6) is -0.455. The fourth-order valence-corrected chi connectivity index (χ4v) is 3.00. The van der Waals surface area contributed by atoms with Crippen LogP contribution in [0.15, 0.2) is 66.7 Å². The van der Waals surface area contributed by atoms with Crippen molar-refractivity contribution in [1.29, 1.82) is 0 Å². The number of nitrogens with one attached hydrogen (secondary N) is 1. The molecular formula is C22H19FN4O3. The lowest BCUT2D eigenvalue weighted by atomic mass is 10.1. The van der Waals surface area contributed by atoms with Gasteiger partial charge in [-0.05, 0) is 54.4 Å². The maximum absolute atomic E-state index is 13.3. The van der Waals surface area contributed by atoms with Crippen LogP contribution in [0.2, 0.25) is 0 Å². The highest BCUT2D eigenvalue weighted by atomic mass is 19.1. The number of hydrogen-bond donors (Lipinski definition) is 2. The number of amides is 1. The third-order valence-corrected chi connectivity index (χ3v) is 4.39. The zero-order valence-electron chi connectivity index (χ0n) is 16.0. The maximum atomic E-state index is 13.3. The van der Waals surface area contributed by atoms with Gasteiger partial charge in [0, 0.05) is 12.3 Å². The summed E-state index contributed by atoms with van der Waals surface area (Å²) >= 11 is 0. The molecule has 8 heteroatoms. The van der Waals surface area contributed by atoms with E-state index in [1.165, 1.54) is 23.0 Å². The van der Waals surface area contributed by atoms with Gasteiger partial charge in [0.05, 0.1) is 0 Å². The van der Waals surface area contributed by atoms with Crippen LogP contribution in [0.5, 0.6) is 5.75 Å². The molecule has 4 rings (SSSR count). The molecule has 0 aliphatic carbocycles. The summed E-state index contributed by atoms with van der Waals surface area (Å²) in [6.45, 7) is -0.270. The van der Waals surface area contributed by atoms with E-state index in [2.05, 4.69) is 15.5 Å². The van der Waals surface area contributed by atoms with E-state index in [0.29, 0.717) is 23.5 Å². The minimum absolute atomic E-state index is 0.00416. The summed E-state index contributed by atoms with van der Waals surface area (Å²) < 4.78 is 19.0. The molecule has 7 nitrogen and oxygen atoms in total. The topological polar surface area (TPSA) is 89.3 Å². The Hall–Kier alpha value is -3.78. The number of ether oxygens (including phenoxy) is 1. The van der Waals surface area contributed by atoms with E-state index in [1.807, 2.05) is 36.4 Å². The predicted octanol–water partition coefficient (Wildman–Crippen LogP) is 3.11. The SMILES string of the molecule is O=C(COc1ccc(CCO)cc1-n1nc2ccccc2n1)Nc1cccc(F)c1. The first-order valence-electron chi connectivity index (χ1n) is 9.37. The molecule has 3 aromatic carbocycles.